The summed E-state index contributed by atoms with van der Waals surface area (Å²) in [6.07, 6.45) is 1.93. The average molecular weight is 448 g/mol. The molecule has 178 valence electrons. The predicted molar refractivity (Wildman–Crippen MR) is 123 cm³/mol. The molecule has 32 heavy (non-hydrogen) atoms. The van der Waals surface area contributed by atoms with Crippen molar-refractivity contribution in [2.75, 3.05) is 20.7 Å². The van der Waals surface area contributed by atoms with E-state index < -0.39 is 18.0 Å². The number of likely N-dealkylation sites (tertiary alicyclic amines) is 1. The molecule has 3 unspecified atom stereocenters. The molecule has 0 aromatic heterocycles. The summed E-state index contributed by atoms with van der Waals surface area (Å²) in [6.45, 7) is 5.96. The summed E-state index contributed by atoms with van der Waals surface area (Å²) in [5, 5.41) is 9.24. The van der Waals surface area contributed by atoms with E-state index >= 15 is 0 Å². The summed E-state index contributed by atoms with van der Waals surface area (Å²) < 4.78 is 5.31. The SMILES string of the molecule is CN[C@H](C)C(=O)N1CCCC1C(=O)NC(Cc1cccc(OC)c1)C(C)N[C@@H](C)C(N)=O. The lowest BCUT2D eigenvalue weighted by Gasteiger charge is -2.32. The Morgan fingerprint density at radius 2 is 1.94 bits per heavy atom. The van der Waals surface area contributed by atoms with Crippen LogP contribution in [-0.2, 0) is 20.8 Å². The minimum Gasteiger partial charge on any atom is -0.497 e. The monoisotopic (exact) mass is 447 g/mol. The Bertz CT molecular complexity index is 802. The van der Waals surface area contributed by atoms with Crippen molar-refractivity contribution in [2.45, 2.75) is 70.2 Å². The Kier molecular flexibility index (Phi) is 9.46. The third-order valence-electron chi connectivity index (χ3n) is 6.10. The number of hydrogen-bond acceptors (Lipinski definition) is 6. The Morgan fingerprint density at radius 1 is 1.22 bits per heavy atom. The summed E-state index contributed by atoms with van der Waals surface area (Å²) in [5.74, 6) is -0.000294. The minimum absolute atomic E-state index is 0.0805. The fraction of sp³-hybridized carbons (Fsp3) is 0.609. The molecule has 1 aromatic carbocycles. The maximum absolute atomic E-state index is 13.2. The summed E-state index contributed by atoms with van der Waals surface area (Å²) in [7, 11) is 3.33. The number of benzene rings is 1. The van der Waals surface area contributed by atoms with E-state index in [1.54, 1.807) is 32.9 Å². The van der Waals surface area contributed by atoms with Gasteiger partial charge in [-0.1, -0.05) is 12.1 Å². The van der Waals surface area contributed by atoms with Crippen molar-refractivity contribution < 1.29 is 19.1 Å². The normalized spacial score (nSPS) is 19.7. The zero-order valence-electron chi connectivity index (χ0n) is 19.7. The standard InChI is InChI=1S/C23H37N5O4/c1-14(26-15(2)21(24)29)19(13-17-8-6-9-18(12-17)32-5)27-22(30)20-10-7-11-28(20)23(31)16(3)25-4/h6,8-9,12,14-16,19-20,25-26H,7,10-11,13H2,1-5H3,(H2,24,29)(H,27,30)/t14?,15-,16+,19?,20?/m0/s1. The van der Waals surface area contributed by atoms with Crippen molar-refractivity contribution in [1.29, 1.82) is 0 Å². The molecule has 0 aliphatic carbocycles. The van der Waals surface area contributed by atoms with Crippen LogP contribution in [0.5, 0.6) is 5.75 Å². The number of carbonyl (C=O) groups is 3. The average Bonchev–Trinajstić information content (AvgIpc) is 3.27. The number of primary amides is 1. The molecular formula is C23H37N5O4. The lowest BCUT2D eigenvalue weighted by Crippen LogP contribution is -2.58. The molecule has 1 aromatic rings. The fourth-order valence-electron chi connectivity index (χ4n) is 3.95. The van der Waals surface area contributed by atoms with E-state index in [1.165, 1.54) is 0 Å². The first-order valence-corrected chi connectivity index (χ1v) is 11.1. The molecule has 0 spiro atoms. The van der Waals surface area contributed by atoms with Gasteiger partial charge >= 0.3 is 0 Å². The van der Waals surface area contributed by atoms with Gasteiger partial charge in [0.2, 0.25) is 17.7 Å². The summed E-state index contributed by atoms with van der Waals surface area (Å²) in [5.41, 5.74) is 6.40. The van der Waals surface area contributed by atoms with Gasteiger partial charge in [-0.2, -0.15) is 0 Å². The number of likely N-dealkylation sites (N-methyl/N-ethyl adjacent to an activating group) is 1. The van der Waals surface area contributed by atoms with Crippen LogP contribution in [0.15, 0.2) is 24.3 Å². The number of nitrogens with zero attached hydrogens (tertiary/aromatic N) is 1. The van der Waals surface area contributed by atoms with Gasteiger partial charge in [-0.3, -0.25) is 14.4 Å². The lowest BCUT2D eigenvalue weighted by molar-refractivity contribution is -0.140. The Balaban J connectivity index is 2.19. The first kappa shape index (κ1) is 25.6. The summed E-state index contributed by atoms with van der Waals surface area (Å²) >= 11 is 0. The summed E-state index contributed by atoms with van der Waals surface area (Å²) in [4.78, 5) is 39.2. The van der Waals surface area contributed by atoms with Crippen LogP contribution in [0.3, 0.4) is 0 Å². The van der Waals surface area contributed by atoms with Gasteiger partial charge in [0.15, 0.2) is 0 Å². The van der Waals surface area contributed by atoms with E-state index in [-0.39, 0.29) is 29.9 Å². The van der Waals surface area contributed by atoms with Crippen LogP contribution >= 0.6 is 0 Å². The second kappa shape index (κ2) is 11.8. The zero-order valence-corrected chi connectivity index (χ0v) is 19.7. The predicted octanol–water partition coefficient (Wildman–Crippen LogP) is 0.173. The van der Waals surface area contributed by atoms with Crippen molar-refractivity contribution >= 4 is 17.7 Å². The first-order chi connectivity index (χ1) is 15.2. The van der Waals surface area contributed by atoms with Crippen LogP contribution in [0.4, 0.5) is 0 Å². The second-order valence-electron chi connectivity index (χ2n) is 8.45. The van der Waals surface area contributed by atoms with Crippen LogP contribution in [0, 0.1) is 0 Å². The molecule has 1 aliphatic rings. The molecule has 9 heteroatoms. The van der Waals surface area contributed by atoms with E-state index in [4.69, 9.17) is 10.5 Å². The smallest absolute Gasteiger partial charge is 0.243 e. The van der Waals surface area contributed by atoms with Crippen LogP contribution in [0.25, 0.3) is 0 Å². The number of rotatable bonds is 11. The van der Waals surface area contributed by atoms with E-state index in [0.717, 1.165) is 17.7 Å². The second-order valence-corrected chi connectivity index (χ2v) is 8.45. The Morgan fingerprint density at radius 3 is 2.56 bits per heavy atom. The number of methoxy groups -OCH3 is 1. The molecule has 1 aliphatic heterocycles. The number of hydrogen-bond donors (Lipinski definition) is 4. The summed E-state index contributed by atoms with van der Waals surface area (Å²) in [6, 6.07) is 5.67. The van der Waals surface area contributed by atoms with Gasteiger partial charge in [0.1, 0.15) is 11.8 Å². The molecule has 1 saturated heterocycles. The molecule has 0 saturated carbocycles. The van der Waals surface area contributed by atoms with Crippen molar-refractivity contribution in [3.8, 4) is 5.75 Å². The van der Waals surface area contributed by atoms with Gasteiger partial charge in [0.25, 0.3) is 0 Å². The zero-order chi connectivity index (χ0) is 23.8. The van der Waals surface area contributed by atoms with Crippen LogP contribution < -0.4 is 26.4 Å². The molecule has 5 atom stereocenters. The van der Waals surface area contributed by atoms with Crippen molar-refractivity contribution in [1.82, 2.24) is 20.9 Å². The van der Waals surface area contributed by atoms with Crippen molar-refractivity contribution in [3.05, 3.63) is 29.8 Å². The fourth-order valence-corrected chi connectivity index (χ4v) is 3.95. The molecule has 2 rings (SSSR count). The van der Waals surface area contributed by atoms with E-state index in [9.17, 15) is 14.4 Å². The molecular weight excluding hydrogens is 410 g/mol. The van der Waals surface area contributed by atoms with Crippen LogP contribution in [0.1, 0.15) is 39.2 Å². The first-order valence-electron chi connectivity index (χ1n) is 11.1. The van der Waals surface area contributed by atoms with E-state index in [0.29, 0.717) is 19.4 Å². The van der Waals surface area contributed by atoms with Crippen molar-refractivity contribution in [3.63, 3.8) is 0 Å². The molecule has 0 radical (unpaired) electrons. The lowest BCUT2D eigenvalue weighted by atomic mass is 9.98. The van der Waals surface area contributed by atoms with Crippen LogP contribution in [0.2, 0.25) is 0 Å². The topological polar surface area (TPSA) is 126 Å². The highest BCUT2D eigenvalue weighted by molar-refractivity contribution is 5.90. The van der Waals surface area contributed by atoms with E-state index in [1.807, 2.05) is 31.2 Å². The van der Waals surface area contributed by atoms with Gasteiger partial charge in [-0.15, -0.1) is 0 Å². The van der Waals surface area contributed by atoms with Gasteiger partial charge in [0.05, 0.1) is 19.2 Å². The van der Waals surface area contributed by atoms with Crippen molar-refractivity contribution in [2.24, 2.45) is 5.73 Å². The number of ether oxygens (including phenoxy) is 1. The molecule has 9 nitrogen and oxygen atoms in total. The van der Waals surface area contributed by atoms with Gasteiger partial charge in [-0.05, 0) is 64.8 Å². The molecule has 1 fully saturated rings. The van der Waals surface area contributed by atoms with Gasteiger partial charge < -0.3 is 31.3 Å². The maximum Gasteiger partial charge on any atom is 0.243 e. The third kappa shape index (κ3) is 6.67. The molecule has 0 bridgehead atoms. The number of carbonyl (C=O) groups excluding carboxylic acids is 3. The molecule has 1 heterocycles. The van der Waals surface area contributed by atoms with E-state index in [2.05, 4.69) is 16.0 Å². The highest BCUT2D eigenvalue weighted by atomic mass is 16.5. The number of amides is 3. The Hall–Kier alpha value is -2.65. The quantitative estimate of drug-likeness (QED) is 0.383. The maximum atomic E-state index is 13.2. The molecule has 3 amide bonds. The Labute approximate surface area is 190 Å². The highest BCUT2D eigenvalue weighted by Crippen LogP contribution is 2.20. The van der Waals surface area contributed by atoms with Gasteiger partial charge in [0, 0.05) is 18.6 Å². The van der Waals surface area contributed by atoms with Crippen LogP contribution in [-0.4, -0.2) is 73.5 Å². The molecule has 5 N–H and O–H groups in total. The largest absolute Gasteiger partial charge is 0.497 e. The van der Waals surface area contributed by atoms with Gasteiger partial charge in [-0.25, -0.2) is 0 Å². The minimum atomic E-state index is -0.546. The highest BCUT2D eigenvalue weighted by Gasteiger charge is 2.37. The number of nitrogens with one attached hydrogen (secondary N) is 3. The number of nitrogens with two attached hydrogens (primary N) is 1. The third-order valence-corrected chi connectivity index (χ3v) is 6.10.